The quantitative estimate of drug-likeness (QED) is 0.376. The van der Waals surface area contributed by atoms with Gasteiger partial charge in [-0.25, -0.2) is 5.09 Å². The summed E-state index contributed by atoms with van der Waals surface area (Å²) in [5.74, 6) is 0. The zero-order valence-electron chi connectivity index (χ0n) is 12.3. The van der Waals surface area contributed by atoms with Gasteiger partial charge in [-0.2, -0.15) is 8.57 Å². The van der Waals surface area contributed by atoms with Crippen molar-refractivity contribution in [3.05, 3.63) is 0 Å². The third kappa shape index (κ3) is 8.45. The van der Waals surface area contributed by atoms with Crippen molar-refractivity contribution in [3.8, 4) is 0 Å². The van der Waals surface area contributed by atoms with Gasteiger partial charge in [0.15, 0.2) is 0 Å². The van der Waals surface area contributed by atoms with E-state index >= 15 is 0 Å². The maximum absolute atomic E-state index is 12.7. The topological polar surface area (TPSA) is 140 Å². The highest BCUT2D eigenvalue weighted by Gasteiger charge is 2.39. The molecule has 8 N–H and O–H groups in total. The summed E-state index contributed by atoms with van der Waals surface area (Å²) in [6.07, 6.45) is 0. The van der Waals surface area contributed by atoms with Crippen LogP contribution in [0.4, 0.5) is 0 Å². The molecule has 0 rings (SSSR count). The van der Waals surface area contributed by atoms with E-state index in [2.05, 4.69) is 9.58 Å². The number of rotatable bonds is 5. The molecule has 0 aromatic heterocycles. The van der Waals surface area contributed by atoms with Crippen LogP contribution in [-0.2, 0) is 9.13 Å². The monoisotopic (exact) mass is 332 g/mol. The molecule has 11 heteroatoms. The van der Waals surface area contributed by atoms with Gasteiger partial charge in [0.25, 0.3) is 15.2 Å². The van der Waals surface area contributed by atoms with Crippen molar-refractivity contribution >= 4 is 27.3 Å². The third-order valence-corrected chi connectivity index (χ3v) is 6.90. The first-order valence-electron chi connectivity index (χ1n) is 5.65. The normalized spacial score (nSPS) is 17.6. The summed E-state index contributed by atoms with van der Waals surface area (Å²) in [6, 6.07) is 0. The second kappa shape index (κ2) is 6.13. The zero-order valence-corrected chi connectivity index (χ0v) is 14.9. The Hall–Kier alpha value is 0.570. The molecule has 0 fully saturated rings. The largest absolute Gasteiger partial charge is 0.290 e. The van der Waals surface area contributed by atoms with E-state index in [1.807, 2.05) is 41.5 Å². The summed E-state index contributed by atoms with van der Waals surface area (Å²) in [4.78, 5) is 0. The molecule has 0 aromatic rings. The van der Waals surface area contributed by atoms with Crippen LogP contribution in [0.5, 0.6) is 0 Å². The molecule has 0 saturated heterocycles. The third-order valence-electron chi connectivity index (χ3n) is 1.61. The maximum atomic E-state index is 12.7. The Balaban J connectivity index is 5.16. The minimum atomic E-state index is -3.44. The summed E-state index contributed by atoms with van der Waals surface area (Å²) in [7, 11) is -6.82. The molecule has 8 nitrogen and oxygen atoms in total. The average molecular weight is 332 g/mol. The Bertz CT molecular complexity index is 399. The molecule has 1 unspecified atom stereocenters. The molecule has 0 spiro atoms. The van der Waals surface area contributed by atoms with Crippen LogP contribution in [0.3, 0.4) is 0 Å². The highest BCUT2D eigenvalue weighted by Crippen LogP contribution is 2.49. The Kier molecular flexibility index (Phi) is 6.32. The standard InChI is InChI=1S/C8H26N6O2P2S/c1-7(2,3)12-18(11,16)14(8(4,5)6)19-13-17(9,10)15/h1-6H3,(H3,11,12,16)(H5,9,10,13,15). The van der Waals surface area contributed by atoms with Gasteiger partial charge in [-0.05, 0) is 41.5 Å². The number of nitrogens with one attached hydrogen (secondary N) is 2. The zero-order chi connectivity index (χ0) is 15.7. The van der Waals surface area contributed by atoms with Crippen LogP contribution in [0.1, 0.15) is 41.5 Å². The van der Waals surface area contributed by atoms with Gasteiger partial charge in [-0.3, -0.25) is 25.6 Å². The van der Waals surface area contributed by atoms with Gasteiger partial charge in [0.05, 0.1) is 0 Å². The number of nitrogens with two attached hydrogens (primary N) is 3. The fraction of sp³-hybridized carbons (Fsp3) is 1.00. The second-order valence-electron chi connectivity index (χ2n) is 6.32. The van der Waals surface area contributed by atoms with Gasteiger partial charge in [0.2, 0.25) is 0 Å². The molecule has 1 atom stereocenters. The van der Waals surface area contributed by atoms with Crippen LogP contribution in [0.2, 0.25) is 0 Å². The van der Waals surface area contributed by atoms with Crippen LogP contribution in [0.25, 0.3) is 0 Å². The Morgan fingerprint density at radius 3 is 1.68 bits per heavy atom. The molecule has 0 aliphatic heterocycles. The first-order valence-corrected chi connectivity index (χ1v) is 9.99. The van der Waals surface area contributed by atoms with E-state index in [0.717, 1.165) is 12.1 Å². The molecule has 116 valence electrons. The lowest BCUT2D eigenvalue weighted by Gasteiger charge is -2.40. The molecule has 0 aliphatic rings. The number of nitrogens with zero attached hydrogens (tertiary/aromatic N) is 1. The van der Waals surface area contributed by atoms with Gasteiger partial charge < -0.3 is 0 Å². The van der Waals surface area contributed by atoms with Gasteiger partial charge in [0.1, 0.15) is 0 Å². The fourth-order valence-electron chi connectivity index (χ4n) is 1.27. The van der Waals surface area contributed by atoms with E-state index in [1.165, 1.54) is 4.08 Å². The van der Waals surface area contributed by atoms with Crippen molar-refractivity contribution in [1.82, 2.24) is 13.7 Å². The Morgan fingerprint density at radius 1 is 1.00 bits per heavy atom. The average Bonchev–Trinajstić information content (AvgIpc) is 1.91. The Morgan fingerprint density at radius 2 is 1.42 bits per heavy atom. The highest BCUT2D eigenvalue weighted by molar-refractivity contribution is 8.04. The first kappa shape index (κ1) is 19.6. The summed E-state index contributed by atoms with van der Waals surface area (Å²) in [6.45, 7) is 11.0. The minimum absolute atomic E-state index is 0.441. The van der Waals surface area contributed by atoms with Crippen molar-refractivity contribution in [2.24, 2.45) is 16.5 Å². The van der Waals surface area contributed by atoms with Gasteiger partial charge in [-0.1, -0.05) is 0 Å². The van der Waals surface area contributed by atoms with E-state index in [9.17, 15) is 9.13 Å². The summed E-state index contributed by atoms with van der Waals surface area (Å²) < 4.78 is 27.7. The predicted octanol–water partition coefficient (Wildman–Crippen LogP) is 1.72. The Labute approximate surface area is 119 Å². The second-order valence-corrected chi connectivity index (χ2v) is 11.2. The molecule has 0 aliphatic carbocycles. The van der Waals surface area contributed by atoms with Crippen LogP contribution in [-0.4, -0.2) is 15.2 Å². The number of hydrogen-bond acceptors (Lipinski definition) is 3. The smallest absolute Gasteiger partial charge is 0.271 e. The molecule has 0 amide bonds. The molecule has 0 heterocycles. The van der Waals surface area contributed by atoms with E-state index in [1.54, 1.807) is 0 Å². The minimum Gasteiger partial charge on any atom is -0.271 e. The molecule has 0 radical (unpaired) electrons. The van der Waals surface area contributed by atoms with Gasteiger partial charge in [0, 0.05) is 23.2 Å². The molecule has 0 aromatic carbocycles. The summed E-state index contributed by atoms with van der Waals surface area (Å²) in [5.41, 5.74) is 15.3. The van der Waals surface area contributed by atoms with Crippen molar-refractivity contribution in [1.29, 1.82) is 0 Å². The van der Waals surface area contributed by atoms with E-state index in [4.69, 9.17) is 16.5 Å². The molecule has 0 bridgehead atoms. The van der Waals surface area contributed by atoms with Crippen molar-refractivity contribution < 1.29 is 9.13 Å². The van der Waals surface area contributed by atoms with Crippen LogP contribution >= 0.6 is 27.3 Å². The van der Waals surface area contributed by atoms with E-state index in [-0.39, 0.29) is 0 Å². The first-order chi connectivity index (χ1) is 8.05. The lowest BCUT2D eigenvalue weighted by atomic mass is 10.1. The maximum Gasteiger partial charge on any atom is 0.290 e. The van der Waals surface area contributed by atoms with Crippen LogP contribution in [0.15, 0.2) is 0 Å². The fourth-order valence-corrected chi connectivity index (χ4v) is 5.25. The lowest BCUT2D eigenvalue weighted by molar-refractivity contribution is 0.359. The van der Waals surface area contributed by atoms with E-state index < -0.39 is 26.3 Å². The van der Waals surface area contributed by atoms with Crippen molar-refractivity contribution in [2.45, 2.75) is 52.6 Å². The lowest BCUT2D eigenvalue weighted by Crippen LogP contribution is -2.46. The van der Waals surface area contributed by atoms with Gasteiger partial charge in [-0.15, -0.1) is 0 Å². The van der Waals surface area contributed by atoms with Crippen molar-refractivity contribution in [3.63, 3.8) is 0 Å². The van der Waals surface area contributed by atoms with Crippen LogP contribution < -0.4 is 26.1 Å². The molecular formula is C8H26N6O2P2S. The van der Waals surface area contributed by atoms with Crippen molar-refractivity contribution in [2.75, 3.05) is 0 Å². The molecular weight excluding hydrogens is 306 g/mol. The van der Waals surface area contributed by atoms with Crippen LogP contribution in [0, 0.1) is 0 Å². The predicted molar refractivity (Wildman–Crippen MR) is 83.0 cm³/mol. The van der Waals surface area contributed by atoms with E-state index in [0.29, 0.717) is 0 Å². The molecule has 19 heavy (non-hydrogen) atoms. The van der Waals surface area contributed by atoms with Gasteiger partial charge >= 0.3 is 0 Å². The molecule has 0 saturated carbocycles. The number of hydrogen-bond donors (Lipinski definition) is 5. The summed E-state index contributed by atoms with van der Waals surface area (Å²) >= 11 is 0.803. The summed E-state index contributed by atoms with van der Waals surface area (Å²) in [5, 5.41) is 2.87. The SMILES string of the molecule is CC(C)(C)NP(N)(=O)N(SNP(N)(N)=O)C(C)(C)C. The highest BCUT2D eigenvalue weighted by atomic mass is 32.2.